The van der Waals surface area contributed by atoms with Crippen LogP contribution >= 0.6 is 0 Å². The molecule has 0 bridgehead atoms. The van der Waals surface area contributed by atoms with E-state index in [0.29, 0.717) is 0 Å². The molecular weight excluding hydrogens is 833 g/mol. The van der Waals surface area contributed by atoms with Crippen molar-refractivity contribution in [3.05, 3.63) is 289 Å². The van der Waals surface area contributed by atoms with E-state index >= 15 is 0 Å². The van der Waals surface area contributed by atoms with Gasteiger partial charge in [0.1, 0.15) is 0 Å². The van der Waals surface area contributed by atoms with Crippen LogP contribution in [0.5, 0.6) is 0 Å². The average molecular weight is 877 g/mol. The Morgan fingerprint density at radius 2 is 0.754 bits per heavy atom. The molecule has 0 saturated carbocycles. The van der Waals surface area contributed by atoms with E-state index in [4.69, 9.17) is 0 Å². The van der Waals surface area contributed by atoms with Crippen LogP contribution < -0.4 is 0 Å². The summed E-state index contributed by atoms with van der Waals surface area (Å²) in [5, 5.41) is 4.94. The summed E-state index contributed by atoms with van der Waals surface area (Å²) in [4.78, 5) is 0. The van der Waals surface area contributed by atoms with Gasteiger partial charge in [-0.05, 0) is 116 Å². The molecule has 0 N–H and O–H groups in total. The van der Waals surface area contributed by atoms with Crippen molar-refractivity contribution in [1.29, 1.82) is 0 Å². The van der Waals surface area contributed by atoms with Gasteiger partial charge in [-0.3, -0.25) is 0 Å². The number of para-hydroxylation sites is 1. The lowest BCUT2D eigenvalue weighted by Gasteiger charge is -2.33. The topological polar surface area (TPSA) is 9.86 Å². The first-order chi connectivity index (χ1) is 34.2. The number of rotatable bonds is 7. The fraction of sp³-hybridized carbons (Fsp3) is 0.0149. The molecule has 1 aliphatic carbocycles. The zero-order valence-corrected chi connectivity index (χ0v) is 37.8. The third kappa shape index (κ3) is 5.92. The summed E-state index contributed by atoms with van der Waals surface area (Å²) in [6, 6.07) is 98.6. The van der Waals surface area contributed by atoms with Gasteiger partial charge in [0.15, 0.2) is 0 Å². The van der Waals surface area contributed by atoms with Crippen molar-refractivity contribution < 1.29 is 0 Å². The van der Waals surface area contributed by atoms with Crippen LogP contribution in [0.2, 0.25) is 0 Å². The predicted molar refractivity (Wildman–Crippen MR) is 289 cm³/mol. The Hall–Kier alpha value is -8.98. The highest BCUT2D eigenvalue weighted by atomic mass is 15.0. The van der Waals surface area contributed by atoms with Crippen LogP contribution in [-0.4, -0.2) is 9.13 Å². The monoisotopic (exact) mass is 876 g/mol. The molecule has 1 aliphatic rings. The Labute approximate surface area is 401 Å². The van der Waals surface area contributed by atoms with Gasteiger partial charge in [0.25, 0.3) is 0 Å². The van der Waals surface area contributed by atoms with Gasteiger partial charge in [-0.15, -0.1) is 0 Å². The van der Waals surface area contributed by atoms with Crippen LogP contribution in [0.3, 0.4) is 0 Å². The standard InChI is InChI=1S/C67H44N2/c1-5-18-45(19-6-1)47-32-36-53(37-33-47)69-64-41-35-50(49-34-40-63-58(43-49)55-28-14-16-31-62(55)68(63)54-27-17-22-48(42-54)46-20-7-2-8-21-46)44-59(64)56-38-39-61-65(66(56)69)57-29-13-15-30-60(57)67(61,51-23-9-3-10-24-51)52-25-11-4-12-26-52/h1-44H. The maximum Gasteiger partial charge on any atom is 0.0714 e. The van der Waals surface area contributed by atoms with E-state index in [9.17, 15) is 0 Å². The maximum atomic E-state index is 2.53. The lowest BCUT2D eigenvalue weighted by molar-refractivity contribution is 0.769. The van der Waals surface area contributed by atoms with Gasteiger partial charge in [0.2, 0.25) is 0 Å². The van der Waals surface area contributed by atoms with Gasteiger partial charge < -0.3 is 9.13 Å². The molecule has 14 rings (SSSR count). The largest absolute Gasteiger partial charge is 0.309 e. The molecule has 69 heavy (non-hydrogen) atoms. The Morgan fingerprint density at radius 1 is 0.261 bits per heavy atom. The molecule has 0 saturated heterocycles. The molecule has 2 nitrogen and oxygen atoms in total. The molecule has 0 spiro atoms. The zero-order chi connectivity index (χ0) is 45.5. The molecule has 0 aliphatic heterocycles. The van der Waals surface area contributed by atoms with Crippen LogP contribution in [0.25, 0.3) is 99.5 Å². The molecule has 13 aromatic rings. The van der Waals surface area contributed by atoms with E-state index in [2.05, 4.69) is 276 Å². The van der Waals surface area contributed by atoms with Gasteiger partial charge in [-0.1, -0.05) is 212 Å². The minimum atomic E-state index is -0.510. The fourth-order valence-corrected chi connectivity index (χ4v) is 11.8. The number of benzene rings is 11. The van der Waals surface area contributed by atoms with E-state index in [1.807, 2.05) is 0 Å². The minimum absolute atomic E-state index is 0.510. The highest BCUT2D eigenvalue weighted by Crippen LogP contribution is 2.58. The summed E-state index contributed by atoms with van der Waals surface area (Å²) in [6.45, 7) is 0. The van der Waals surface area contributed by atoms with Gasteiger partial charge in [0.05, 0.1) is 27.5 Å². The number of fused-ring (bicyclic) bond motifs is 10. The van der Waals surface area contributed by atoms with Crippen molar-refractivity contribution in [3.63, 3.8) is 0 Å². The third-order valence-corrected chi connectivity index (χ3v) is 14.8. The number of hydrogen-bond donors (Lipinski definition) is 0. The average Bonchev–Trinajstić information content (AvgIpc) is 4.06. The Balaban J connectivity index is 1.01. The second-order valence-corrected chi connectivity index (χ2v) is 18.4. The molecule has 322 valence electrons. The molecule has 0 fully saturated rings. The predicted octanol–water partition coefficient (Wildman–Crippen LogP) is 17.2. The van der Waals surface area contributed by atoms with Crippen molar-refractivity contribution in [2.24, 2.45) is 0 Å². The van der Waals surface area contributed by atoms with E-state index in [-0.39, 0.29) is 0 Å². The lowest BCUT2D eigenvalue weighted by atomic mass is 9.67. The highest BCUT2D eigenvalue weighted by molar-refractivity contribution is 6.17. The Bertz CT molecular complexity index is 4050. The molecule has 0 atom stereocenters. The summed E-state index contributed by atoms with van der Waals surface area (Å²) < 4.78 is 4.95. The molecular formula is C67H44N2. The van der Waals surface area contributed by atoms with E-state index < -0.39 is 5.41 Å². The summed E-state index contributed by atoms with van der Waals surface area (Å²) in [5.74, 6) is 0. The summed E-state index contributed by atoms with van der Waals surface area (Å²) in [7, 11) is 0. The number of nitrogens with zero attached hydrogens (tertiary/aromatic N) is 2. The van der Waals surface area contributed by atoms with E-state index in [1.165, 1.54) is 110 Å². The molecule has 0 radical (unpaired) electrons. The molecule has 2 heterocycles. The third-order valence-electron chi connectivity index (χ3n) is 14.8. The smallest absolute Gasteiger partial charge is 0.0714 e. The van der Waals surface area contributed by atoms with Crippen molar-refractivity contribution >= 4 is 43.6 Å². The molecule has 0 amide bonds. The normalized spacial score (nSPS) is 12.8. The summed E-state index contributed by atoms with van der Waals surface area (Å²) >= 11 is 0. The van der Waals surface area contributed by atoms with Crippen molar-refractivity contribution in [3.8, 4) is 55.9 Å². The van der Waals surface area contributed by atoms with Gasteiger partial charge >= 0.3 is 0 Å². The van der Waals surface area contributed by atoms with Crippen molar-refractivity contribution in [1.82, 2.24) is 9.13 Å². The first-order valence-corrected chi connectivity index (χ1v) is 23.9. The van der Waals surface area contributed by atoms with Crippen molar-refractivity contribution in [2.75, 3.05) is 0 Å². The lowest BCUT2D eigenvalue weighted by Crippen LogP contribution is -2.28. The number of aromatic nitrogens is 2. The first-order valence-electron chi connectivity index (χ1n) is 23.9. The highest BCUT2D eigenvalue weighted by Gasteiger charge is 2.47. The van der Waals surface area contributed by atoms with Gasteiger partial charge in [0, 0.05) is 38.5 Å². The van der Waals surface area contributed by atoms with Crippen LogP contribution in [0.1, 0.15) is 22.3 Å². The Kier molecular flexibility index (Phi) is 8.84. The Morgan fingerprint density at radius 3 is 1.43 bits per heavy atom. The SMILES string of the molecule is c1ccc(-c2ccc(-n3c4ccc(-c5ccc6c(c5)c5ccccc5n6-c5cccc(-c6ccccc6)c5)cc4c4ccc5c(c43)-c3ccccc3C5(c3ccccc3)c3ccccc3)cc2)cc1. The summed E-state index contributed by atoms with van der Waals surface area (Å²) in [5.41, 5.74) is 21.5. The zero-order valence-electron chi connectivity index (χ0n) is 37.8. The van der Waals surface area contributed by atoms with Crippen LogP contribution in [-0.2, 0) is 5.41 Å². The van der Waals surface area contributed by atoms with E-state index in [1.54, 1.807) is 0 Å². The number of hydrogen-bond acceptors (Lipinski definition) is 0. The van der Waals surface area contributed by atoms with Crippen molar-refractivity contribution in [2.45, 2.75) is 5.41 Å². The molecule has 11 aromatic carbocycles. The van der Waals surface area contributed by atoms with Crippen LogP contribution in [0.15, 0.2) is 267 Å². The minimum Gasteiger partial charge on any atom is -0.309 e. The molecule has 2 heteroatoms. The molecule has 2 aromatic heterocycles. The first kappa shape index (κ1) is 39.2. The van der Waals surface area contributed by atoms with Crippen LogP contribution in [0, 0.1) is 0 Å². The second-order valence-electron chi connectivity index (χ2n) is 18.4. The van der Waals surface area contributed by atoms with Crippen LogP contribution in [0.4, 0.5) is 0 Å². The van der Waals surface area contributed by atoms with Gasteiger partial charge in [-0.2, -0.15) is 0 Å². The second kappa shape index (κ2) is 15.6. The fourth-order valence-electron chi connectivity index (χ4n) is 11.8. The quantitative estimate of drug-likeness (QED) is 0.151. The summed E-state index contributed by atoms with van der Waals surface area (Å²) in [6.07, 6.45) is 0. The van der Waals surface area contributed by atoms with Gasteiger partial charge in [-0.25, -0.2) is 0 Å². The van der Waals surface area contributed by atoms with E-state index in [0.717, 1.165) is 11.4 Å². The molecule has 0 unspecified atom stereocenters. The maximum absolute atomic E-state index is 2.53.